The van der Waals surface area contributed by atoms with Crippen molar-refractivity contribution >= 4 is 28.9 Å². The van der Waals surface area contributed by atoms with Crippen molar-refractivity contribution in [2.75, 3.05) is 20.2 Å². The number of aromatic nitrogens is 1. The number of benzene rings is 2. The number of alkyl halides is 2. The summed E-state index contributed by atoms with van der Waals surface area (Å²) in [5.41, 5.74) is 1.25. The minimum atomic E-state index is -2.95. The van der Waals surface area contributed by atoms with E-state index in [-0.39, 0.29) is 48.4 Å². The Morgan fingerprint density at radius 3 is 2.49 bits per heavy atom. The molecule has 39 heavy (non-hydrogen) atoms. The maximum atomic E-state index is 12.7. The lowest BCUT2D eigenvalue weighted by Gasteiger charge is -2.31. The first kappa shape index (κ1) is 28.2. The molecule has 2 aromatic carbocycles. The fourth-order valence-corrected chi connectivity index (χ4v) is 5.35. The summed E-state index contributed by atoms with van der Waals surface area (Å²) < 4.78 is 34.8. The molecular formula is C28H29F2N3O5S. The van der Waals surface area contributed by atoms with Crippen LogP contribution >= 0.6 is 11.3 Å². The van der Waals surface area contributed by atoms with Crippen molar-refractivity contribution < 1.29 is 32.6 Å². The first-order valence-corrected chi connectivity index (χ1v) is 13.4. The van der Waals surface area contributed by atoms with E-state index in [0.717, 1.165) is 5.01 Å². The Morgan fingerprint density at radius 1 is 1.08 bits per heavy atom. The van der Waals surface area contributed by atoms with Crippen LogP contribution in [-0.2, 0) is 11.3 Å². The van der Waals surface area contributed by atoms with Crippen molar-refractivity contribution in [2.45, 2.75) is 44.8 Å². The van der Waals surface area contributed by atoms with Crippen molar-refractivity contribution in [1.82, 2.24) is 15.2 Å². The predicted octanol–water partition coefficient (Wildman–Crippen LogP) is 5.05. The van der Waals surface area contributed by atoms with Gasteiger partial charge in [0.1, 0.15) is 17.2 Å². The third kappa shape index (κ3) is 7.60. The number of ether oxygens (including phenoxy) is 2. The van der Waals surface area contributed by atoms with E-state index in [1.54, 1.807) is 59.9 Å². The highest BCUT2D eigenvalue weighted by atomic mass is 32.1. The molecule has 8 nitrogen and oxygen atoms in total. The predicted molar refractivity (Wildman–Crippen MR) is 141 cm³/mol. The van der Waals surface area contributed by atoms with Gasteiger partial charge in [0.15, 0.2) is 5.78 Å². The summed E-state index contributed by atoms with van der Waals surface area (Å²) in [6.07, 6.45) is 1.73. The largest absolute Gasteiger partial charge is 0.497 e. The Balaban J connectivity index is 1.23. The van der Waals surface area contributed by atoms with Gasteiger partial charge in [0.05, 0.1) is 12.1 Å². The molecule has 3 aromatic rings. The monoisotopic (exact) mass is 557 g/mol. The van der Waals surface area contributed by atoms with Crippen molar-refractivity contribution in [2.24, 2.45) is 0 Å². The van der Waals surface area contributed by atoms with Crippen LogP contribution < -0.4 is 14.8 Å². The van der Waals surface area contributed by atoms with Gasteiger partial charge in [-0.25, -0.2) is 4.98 Å². The van der Waals surface area contributed by atoms with Crippen molar-refractivity contribution in [3.63, 3.8) is 0 Å². The Morgan fingerprint density at radius 2 is 1.79 bits per heavy atom. The molecule has 11 heteroatoms. The highest BCUT2D eigenvalue weighted by Crippen LogP contribution is 2.31. The SMILES string of the molecule is COc1ccc(C(=O)CCC(=O)N2CCC(c3nc(C(=O)NCc4ccccc4OC(F)F)cs3)CC2)cc1. The Kier molecular flexibility index (Phi) is 9.59. The molecule has 0 radical (unpaired) electrons. The number of methoxy groups -OCH3 is 1. The van der Waals surface area contributed by atoms with Crippen LogP contribution in [-0.4, -0.2) is 54.3 Å². The number of halogens is 2. The zero-order valence-corrected chi connectivity index (χ0v) is 22.2. The molecule has 1 aliphatic rings. The van der Waals surface area contributed by atoms with E-state index in [1.807, 2.05) is 0 Å². The van der Waals surface area contributed by atoms with Crippen LogP contribution in [0.4, 0.5) is 8.78 Å². The van der Waals surface area contributed by atoms with Gasteiger partial charge in [-0.05, 0) is 43.2 Å². The standard InChI is InChI=1S/C28H29F2N3O5S/c1-37-21-8-6-18(7-9-21)23(34)10-11-25(35)33-14-12-19(13-15-33)27-32-22(17-39-27)26(36)31-16-20-4-2-3-5-24(20)38-28(29)30/h2-9,17,19,28H,10-16H2,1H3,(H,31,36). The van der Waals surface area contributed by atoms with Gasteiger partial charge in [-0.2, -0.15) is 8.78 Å². The number of ketones is 1. The molecule has 2 heterocycles. The highest BCUT2D eigenvalue weighted by molar-refractivity contribution is 7.09. The summed E-state index contributed by atoms with van der Waals surface area (Å²) in [4.78, 5) is 44.0. The number of rotatable bonds is 11. The molecular weight excluding hydrogens is 528 g/mol. The normalized spacial score (nSPS) is 13.8. The van der Waals surface area contributed by atoms with E-state index in [0.29, 0.717) is 42.8 Å². The summed E-state index contributed by atoms with van der Waals surface area (Å²) in [5, 5.41) is 5.20. The molecule has 0 saturated carbocycles. The first-order chi connectivity index (χ1) is 18.8. The van der Waals surface area contributed by atoms with Crippen LogP contribution in [0.25, 0.3) is 0 Å². The average molecular weight is 558 g/mol. The Labute approximate surface area is 228 Å². The number of carbonyl (C=O) groups is 3. The molecule has 2 amide bonds. The van der Waals surface area contributed by atoms with Gasteiger partial charge in [-0.3, -0.25) is 14.4 Å². The zero-order chi connectivity index (χ0) is 27.8. The minimum absolute atomic E-state index is 0.0122. The average Bonchev–Trinajstić information content (AvgIpc) is 3.45. The molecule has 0 unspecified atom stereocenters. The number of likely N-dealkylation sites (tertiary alicyclic amines) is 1. The lowest BCUT2D eigenvalue weighted by Crippen LogP contribution is -2.38. The molecule has 1 N–H and O–H groups in total. The van der Waals surface area contributed by atoms with E-state index in [1.165, 1.54) is 17.4 Å². The van der Waals surface area contributed by atoms with Gasteiger partial charge in [0, 0.05) is 54.9 Å². The summed E-state index contributed by atoms with van der Waals surface area (Å²) in [5.74, 6) is 0.269. The number of hydrogen-bond acceptors (Lipinski definition) is 7. The topological polar surface area (TPSA) is 97.8 Å². The quantitative estimate of drug-likeness (QED) is 0.332. The Hall–Kier alpha value is -3.86. The van der Waals surface area contributed by atoms with E-state index in [2.05, 4.69) is 15.0 Å². The van der Waals surface area contributed by atoms with E-state index in [4.69, 9.17) is 4.74 Å². The van der Waals surface area contributed by atoms with Crippen LogP contribution in [0, 0.1) is 0 Å². The van der Waals surface area contributed by atoms with Crippen LogP contribution in [0.1, 0.15) is 63.0 Å². The van der Waals surface area contributed by atoms with E-state index < -0.39 is 12.5 Å². The van der Waals surface area contributed by atoms with Crippen molar-refractivity contribution in [3.8, 4) is 11.5 Å². The summed E-state index contributed by atoms with van der Waals surface area (Å²) in [7, 11) is 1.56. The zero-order valence-electron chi connectivity index (χ0n) is 21.4. The second-order valence-electron chi connectivity index (χ2n) is 9.05. The first-order valence-electron chi connectivity index (χ1n) is 12.6. The number of piperidine rings is 1. The number of amides is 2. The highest BCUT2D eigenvalue weighted by Gasteiger charge is 2.26. The molecule has 1 aliphatic heterocycles. The number of para-hydroxylation sites is 1. The van der Waals surface area contributed by atoms with Crippen LogP contribution in [0.5, 0.6) is 11.5 Å². The number of nitrogens with zero attached hydrogens (tertiary/aromatic N) is 2. The molecule has 0 atom stereocenters. The molecule has 0 spiro atoms. The fraction of sp³-hybridized carbons (Fsp3) is 0.357. The number of Topliss-reactive ketones (excluding diaryl/α,β-unsaturated/α-hetero) is 1. The van der Waals surface area contributed by atoms with Gasteiger partial charge in [0.2, 0.25) is 5.91 Å². The van der Waals surface area contributed by atoms with Crippen LogP contribution in [0.2, 0.25) is 0 Å². The molecule has 206 valence electrons. The van der Waals surface area contributed by atoms with Gasteiger partial charge in [-0.1, -0.05) is 18.2 Å². The fourth-order valence-electron chi connectivity index (χ4n) is 4.38. The molecule has 0 bridgehead atoms. The van der Waals surface area contributed by atoms with Gasteiger partial charge < -0.3 is 19.7 Å². The molecule has 1 fully saturated rings. The minimum Gasteiger partial charge on any atom is -0.497 e. The summed E-state index contributed by atoms with van der Waals surface area (Å²) >= 11 is 1.39. The van der Waals surface area contributed by atoms with Gasteiger partial charge in [-0.15, -0.1) is 11.3 Å². The smallest absolute Gasteiger partial charge is 0.387 e. The van der Waals surface area contributed by atoms with E-state index in [9.17, 15) is 23.2 Å². The van der Waals surface area contributed by atoms with Crippen molar-refractivity contribution in [3.05, 3.63) is 75.7 Å². The number of nitrogens with one attached hydrogen (secondary N) is 1. The second-order valence-corrected chi connectivity index (χ2v) is 9.94. The summed E-state index contributed by atoms with van der Waals surface area (Å²) in [6, 6.07) is 13.1. The van der Waals surface area contributed by atoms with Gasteiger partial charge in [0.25, 0.3) is 5.91 Å². The summed E-state index contributed by atoms with van der Waals surface area (Å²) in [6.45, 7) is -1.81. The molecule has 4 rings (SSSR count). The number of thiazole rings is 1. The van der Waals surface area contributed by atoms with Crippen LogP contribution in [0.15, 0.2) is 53.9 Å². The van der Waals surface area contributed by atoms with Crippen LogP contribution in [0.3, 0.4) is 0 Å². The number of hydrogen-bond donors (Lipinski definition) is 1. The maximum Gasteiger partial charge on any atom is 0.387 e. The third-order valence-electron chi connectivity index (χ3n) is 6.56. The lowest BCUT2D eigenvalue weighted by molar-refractivity contribution is -0.132. The Bertz CT molecular complexity index is 1290. The van der Waals surface area contributed by atoms with Gasteiger partial charge >= 0.3 is 6.61 Å². The number of carbonyl (C=O) groups excluding carboxylic acids is 3. The third-order valence-corrected chi connectivity index (χ3v) is 7.56. The molecule has 1 aromatic heterocycles. The van der Waals surface area contributed by atoms with Crippen molar-refractivity contribution in [1.29, 1.82) is 0 Å². The maximum absolute atomic E-state index is 12.7. The second kappa shape index (κ2) is 13.3. The van der Waals surface area contributed by atoms with E-state index >= 15 is 0 Å². The lowest BCUT2D eigenvalue weighted by atomic mass is 9.97. The molecule has 1 saturated heterocycles. The molecule has 0 aliphatic carbocycles.